The highest BCUT2D eigenvalue weighted by atomic mass is 16.5. The summed E-state index contributed by atoms with van der Waals surface area (Å²) in [4.78, 5) is 5.29. The molecule has 4 heteroatoms. The summed E-state index contributed by atoms with van der Waals surface area (Å²) in [6.07, 6.45) is 7.29. The molecule has 122 valence electrons. The van der Waals surface area contributed by atoms with Crippen LogP contribution >= 0.6 is 0 Å². The zero-order valence-electron chi connectivity index (χ0n) is 13.8. The second-order valence-corrected chi connectivity index (χ2v) is 7.17. The van der Waals surface area contributed by atoms with Crippen LogP contribution in [0.15, 0.2) is 0 Å². The minimum atomic E-state index is 0.323. The standard InChI is InChI=1S/C17H32N2O2/c1-14(2)18-8-11-21-17(12-18)16-13-20-10-9-19(16)15-6-4-3-5-7-15/h14-17H,3-13H2,1-2H3. The fourth-order valence-corrected chi connectivity index (χ4v) is 4.22. The van der Waals surface area contributed by atoms with Crippen LogP contribution in [-0.4, -0.2) is 73.5 Å². The van der Waals surface area contributed by atoms with Crippen molar-refractivity contribution in [2.45, 2.75) is 70.2 Å². The minimum absolute atomic E-state index is 0.323. The van der Waals surface area contributed by atoms with Gasteiger partial charge >= 0.3 is 0 Å². The maximum absolute atomic E-state index is 6.16. The fourth-order valence-electron chi connectivity index (χ4n) is 4.22. The van der Waals surface area contributed by atoms with E-state index in [4.69, 9.17) is 9.47 Å². The van der Waals surface area contributed by atoms with E-state index in [1.54, 1.807) is 0 Å². The third-order valence-electron chi connectivity index (χ3n) is 5.54. The minimum Gasteiger partial charge on any atom is -0.378 e. The zero-order valence-corrected chi connectivity index (χ0v) is 13.8. The molecule has 2 aliphatic heterocycles. The first-order valence-corrected chi connectivity index (χ1v) is 8.95. The molecule has 1 aliphatic carbocycles. The molecule has 3 fully saturated rings. The van der Waals surface area contributed by atoms with Gasteiger partial charge in [-0.2, -0.15) is 0 Å². The summed E-state index contributed by atoms with van der Waals surface area (Å²) in [6.45, 7) is 10.4. The topological polar surface area (TPSA) is 24.9 Å². The summed E-state index contributed by atoms with van der Waals surface area (Å²) in [5.74, 6) is 0. The van der Waals surface area contributed by atoms with Crippen molar-refractivity contribution < 1.29 is 9.47 Å². The van der Waals surface area contributed by atoms with Crippen molar-refractivity contribution in [3.63, 3.8) is 0 Å². The molecule has 2 unspecified atom stereocenters. The molecule has 3 aliphatic rings. The Hall–Kier alpha value is -0.160. The third kappa shape index (κ3) is 3.79. The van der Waals surface area contributed by atoms with Crippen molar-refractivity contribution in [2.75, 3.05) is 39.5 Å². The highest BCUT2D eigenvalue weighted by Gasteiger charge is 2.38. The van der Waals surface area contributed by atoms with Crippen molar-refractivity contribution in [2.24, 2.45) is 0 Å². The smallest absolute Gasteiger partial charge is 0.0880 e. The number of nitrogens with zero attached hydrogens (tertiary/aromatic N) is 2. The molecule has 0 amide bonds. The molecule has 2 atom stereocenters. The molecule has 0 radical (unpaired) electrons. The van der Waals surface area contributed by atoms with E-state index in [0.29, 0.717) is 18.2 Å². The molecule has 0 aromatic heterocycles. The van der Waals surface area contributed by atoms with E-state index in [-0.39, 0.29) is 0 Å². The molecule has 0 aromatic carbocycles. The Labute approximate surface area is 129 Å². The van der Waals surface area contributed by atoms with Crippen LogP contribution in [0.25, 0.3) is 0 Å². The maximum Gasteiger partial charge on any atom is 0.0880 e. The lowest BCUT2D eigenvalue weighted by Crippen LogP contribution is -2.61. The van der Waals surface area contributed by atoms with E-state index in [1.165, 1.54) is 32.1 Å². The van der Waals surface area contributed by atoms with Gasteiger partial charge in [0, 0.05) is 31.7 Å². The van der Waals surface area contributed by atoms with Crippen LogP contribution in [0, 0.1) is 0 Å². The Morgan fingerprint density at radius 3 is 2.57 bits per heavy atom. The third-order valence-corrected chi connectivity index (χ3v) is 5.54. The summed E-state index contributed by atoms with van der Waals surface area (Å²) in [5.41, 5.74) is 0. The van der Waals surface area contributed by atoms with Crippen LogP contribution in [-0.2, 0) is 9.47 Å². The molecule has 2 heterocycles. The SMILES string of the molecule is CC(C)N1CCOC(C2COCCN2C2CCCCC2)C1. The van der Waals surface area contributed by atoms with Crippen molar-refractivity contribution in [3.8, 4) is 0 Å². The number of hydrogen-bond acceptors (Lipinski definition) is 4. The normalized spacial score (nSPS) is 34.4. The summed E-state index contributed by atoms with van der Waals surface area (Å²) >= 11 is 0. The molecule has 0 spiro atoms. The molecule has 21 heavy (non-hydrogen) atoms. The number of hydrogen-bond donors (Lipinski definition) is 0. The van der Waals surface area contributed by atoms with Gasteiger partial charge in [0.15, 0.2) is 0 Å². The molecule has 4 nitrogen and oxygen atoms in total. The molecular weight excluding hydrogens is 264 g/mol. The summed E-state index contributed by atoms with van der Waals surface area (Å²) in [6, 6.07) is 1.85. The number of rotatable bonds is 3. The predicted molar refractivity (Wildman–Crippen MR) is 84.6 cm³/mol. The monoisotopic (exact) mass is 296 g/mol. The Balaban J connectivity index is 1.65. The van der Waals surface area contributed by atoms with Crippen molar-refractivity contribution in [1.29, 1.82) is 0 Å². The Morgan fingerprint density at radius 1 is 1.00 bits per heavy atom. The molecular formula is C17H32N2O2. The Kier molecular flexibility index (Phi) is 5.54. The van der Waals surface area contributed by atoms with Crippen LogP contribution in [0.4, 0.5) is 0 Å². The van der Waals surface area contributed by atoms with Gasteiger partial charge in [0.25, 0.3) is 0 Å². The average molecular weight is 296 g/mol. The average Bonchev–Trinajstić information content (AvgIpc) is 2.56. The molecule has 1 saturated carbocycles. The molecule has 0 N–H and O–H groups in total. The maximum atomic E-state index is 6.16. The molecule has 2 saturated heterocycles. The van der Waals surface area contributed by atoms with Gasteiger partial charge in [-0.05, 0) is 26.7 Å². The quantitative estimate of drug-likeness (QED) is 0.796. The van der Waals surface area contributed by atoms with E-state index in [0.717, 1.165) is 45.5 Å². The van der Waals surface area contributed by atoms with Crippen LogP contribution in [0.2, 0.25) is 0 Å². The first-order valence-electron chi connectivity index (χ1n) is 8.95. The summed E-state index contributed by atoms with van der Waals surface area (Å²) < 4.78 is 12.0. The lowest BCUT2D eigenvalue weighted by molar-refractivity contribution is -0.130. The first-order chi connectivity index (χ1) is 10.3. The van der Waals surface area contributed by atoms with Gasteiger partial charge in [-0.3, -0.25) is 9.80 Å². The van der Waals surface area contributed by atoms with E-state index >= 15 is 0 Å². The van der Waals surface area contributed by atoms with Crippen molar-refractivity contribution >= 4 is 0 Å². The number of morpholine rings is 2. The van der Waals surface area contributed by atoms with Crippen LogP contribution in [0.3, 0.4) is 0 Å². The van der Waals surface area contributed by atoms with Gasteiger partial charge in [-0.15, -0.1) is 0 Å². The van der Waals surface area contributed by atoms with E-state index in [1.807, 2.05) is 0 Å². The van der Waals surface area contributed by atoms with E-state index in [9.17, 15) is 0 Å². The van der Waals surface area contributed by atoms with Gasteiger partial charge in [0.1, 0.15) is 0 Å². The summed E-state index contributed by atoms with van der Waals surface area (Å²) in [5, 5.41) is 0. The van der Waals surface area contributed by atoms with E-state index < -0.39 is 0 Å². The predicted octanol–water partition coefficient (Wildman–Crippen LogP) is 2.13. The van der Waals surface area contributed by atoms with Crippen molar-refractivity contribution in [1.82, 2.24) is 9.80 Å². The van der Waals surface area contributed by atoms with Gasteiger partial charge in [-0.1, -0.05) is 19.3 Å². The Bertz CT molecular complexity index is 318. The lowest BCUT2D eigenvalue weighted by atomic mass is 9.91. The zero-order chi connectivity index (χ0) is 14.7. The van der Waals surface area contributed by atoms with Crippen LogP contribution in [0.5, 0.6) is 0 Å². The van der Waals surface area contributed by atoms with Gasteiger partial charge < -0.3 is 9.47 Å². The fraction of sp³-hybridized carbons (Fsp3) is 1.00. The molecule has 0 bridgehead atoms. The van der Waals surface area contributed by atoms with Gasteiger partial charge in [0.05, 0.1) is 32.0 Å². The summed E-state index contributed by atoms with van der Waals surface area (Å²) in [7, 11) is 0. The van der Waals surface area contributed by atoms with Crippen LogP contribution in [0.1, 0.15) is 46.0 Å². The molecule has 3 rings (SSSR count). The lowest BCUT2D eigenvalue weighted by Gasteiger charge is -2.48. The second kappa shape index (κ2) is 7.40. The largest absolute Gasteiger partial charge is 0.378 e. The van der Waals surface area contributed by atoms with Crippen molar-refractivity contribution in [3.05, 3.63) is 0 Å². The Morgan fingerprint density at radius 2 is 1.81 bits per heavy atom. The second-order valence-electron chi connectivity index (χ2n) is 7.17. The highest BCUT2D eigenvalue weighted by Crippen LogP contribution is 2.28. The highest BCUT2D eigenvalue weighted by molar-refractivity contribution is 4.91. The van der Waals surface area contributed by atoms with Gasteiger partial charge in [-0.25, -0.2) is 0 Å². The molecule has 0 aromatic rings. The van der Waals surface area contributed by atoms with E-state index in [2.05, 4.69) is 23.6 Å². The van der Waals surface area contributed by atoms with Gasteiger partial charge in [0.2, 0.25) is 0 Å². The number of ether oxygens (including phenoxy) is 2. The van der Waals surface area contributed by atoms with Crippen LogP contribution < -0.4 is 0 Å². The first kappa shape index (κ1) is 15.7.